The van der Waals surface area contributed by atoms with Crippen LogP contribution in [0.2, 0.25) is 5.15 Å². The Hall–Kier alpha value is -0.870. The molecule has 0 spiro atoms. The Kier molecular flexibility index (Phi) is 3.61. The van der Waals surface area contributed by atoms with Crippen molar-refractivity contribution in [2.24, 2.45) is 0 Å². The molecule has 2 N–H and O–H groups in total. The third kappa shape index (κ3) is 2.62. The number of halogens is 1. The van der Waals surface area contributed by atoms with E-state index in [-0.39, 0.29) is 12.1 Å². The topological polar surface area (TPSA) is 58.0 Å². The number of anilines is 1. The average Bonchev–Trinajstić information content (AvgIpc) is 2.27. The van der Waals surface area contributed by atoms with Gasteiger partial charge in [0.2, 0.25) is 0 Å². The van der Waals surface area contributed by atoms with E-state index in [2.05, 4.69) is 15.5 Å². The number of nitrogens with one attached hydrogen (secondary N) is 1. The summed E-state index contributed by atoms with van der Waals surface area (Å²) in [5, 5.41) is 21.3. The molecule has 0 radical (unpaired) electrons. The lowest BCUT2D eigenvalue weighted by atomic mass is 9.92. The minimum Gasteiger partial charge on any atom is -0.391 e. The van der Waals surface area contributed by atoms with Gasteiger partial charge in [-0.1, -0.05) is 24.4 Å². The molecular formula is C11H16ClN3O. The molecule has 0 aliphatic heterocycles. The van der Waals surface area contributed by atoms with Gasteiger partial charge in [-0.2, -0.15) is 0 Å². The number of hydrogen-bond acceptors (Lipinski definition) is 4. The predicted molar refractivity (Wildman–Crippen MR) is 63.7 cm³/mol. The highest BCUT2D eigenvalue weighted by molar-refractivity contribution is 6.30. The Morgan fingerprint density at radius 3 is 2.81 bits per heavy atom. The number of aryl methyl sites for hydroxylation is 1. The highest BCUT2D eigenvalue weighted by Gasteiger charge is 2.23. The number of rotatable bonds is 2. The SMILES string of the molecule is Cc1cc(N[C@H]2CCCC[C@@H]2O)nnc1Cl. The van der Waals surface area contributed by atoms with Crippen LogP contribution >= 0.6 is 11.6 Å². The highest BCUT2D eigenvalue weighted by atomic mass is 35.5. The first-order valence-corrected chi connectivity index (χ1v) is 5.99. The molecule has 1 aromatic rings. The van der Waals surface area contributed by atoms with Gasteiger partial charge in [0.1, 0.15) is 5.82 Å². The van der Waals surface area contributed by atoms with Crippen LogP contribution in [0.3, 0.4) is 0 Å². The van der Waals surface area contributed by atoms with Crippen molar-refractivity contribution in [3.8, 4) is 0 Å². The molecule has 1 aliphatic carbocycles. The molecule has 0 unspecified atom stereocenters. The minimum atomic E-state index is -0.286. The quantitative estimate of drug-likeness (QED) is 0.833. The summed E-state index contributed by atoms with van der Waals surface area (Å²) in [7, 11) is 0. The first-order chi connectivity index (χ1) is 7.66. The van der Waals surface area contributed by atoms with Gasteiger partial charge in [-0.05, 0) is 31.4 Å². The molecule has 2 atom stereocenters. The molecule has 0 amide bonds. The second kappa shape index (κ2) is 4.97. The first-order valence-electron chi connectivity index (χ1n) is 5.61. The van der Waals surface area contributed by atoms with E-state index in [9.17, 15) is 5.11 Å². The summed E-state index contributed by atoms with van der Waals surface area (Å²) in [6.45, 7) is 1.89. The molecule has 88 valence electrons. The van der Waals surface area contributed by atoms with E-state index in [1.54, 1.807) is 0 Å². The Balaban J connectivity index is 2.05. The molecule has 0 bridgehead atoms. The molecule has 0 aromatic carbocycles. The largest absolute Gasteiger partial charge is 0.391 e. The summed E-state index contributed by atoms with van der Waals surface area (Å²) in [5.41, 5.74) is 0.893. The standard InChI is InChI=1S/C11H16ClN3O/c1-7-6-10(14-15-11(7)12)13-8-4-2-3-5-9(8)16/h6,8-9,16H,2-5H2,1H3,(H,13,14)/t8-,9-/m0/s1. The second-order valence-corrected chi connectivity index (χ2v) is 4.66. The first kappa shape index (κ1) is 11.6. The summed E-state index contributed by atoms with van der Waals surface area (Å²) in [6, 6.07) is 1.94. The van der Waals surface area contributed by atoms with Gasteiger partial charge in [-0.15, -0.1) is 10.2 Å². The van der Waals surface area contributed by atoms with Crippen molar-refractivity contribution in [1.82, 2.24) is 10.2 Å². The molecule has 1 aliphatic rings. The van der Waals surface area contributed by atoms with Crippen molar-refractivity contribution in [2.75, 3.05) is 5.32 Å². The normalized spacial score (nSPS) is 25.4. The lowest BCUT2D eigenvalue weighted by Crippen LogP contribution is -2.36. The van der Waals surface area contributed by atoms with Crippen LogP contribution in [0.15, 0.2) is 6.07 Å². The Morgan fingerprint density at radius 2 is 2.12 bits per heavy atom. The van der Waals surface area contributed by atoms with Crippen LogP contribution in [0.1, 0.15) is 31.2 Å². The fraction of sp³-hybridized carbons (Fsp3) is 0.636. The van der Waals surface area contributed by atoms with Crippen LogP contribution in [0, 0.1) is 6.92 Å². The van der Waals surface area contributed by atoms with Crippen molar-refractivity contribution >= 4 is 17.4 Å². The van der Waals surface area contributed by atoms with Crippen molar-refractivity contribution in [3.05, 3.63) is 16.8 Å². The molecule has 1 heterocycles. The number of aliphatic hydroxyl groups is 1. The highest BCUT2D eigenvalue weighted by Crippen LogP contribution is 2.22. The molecule has 16 heavy (non-hydrogen) atoms. The summed E-state index contributed by atoms with van der Waals surface area (Å²) in [6.07, 6.45) is 3.80. The van der Waals surface area contributed by atoms with Crippen LogP contribution in [0.25, 0.3) is 0 Å². The van der Waals surface area contributed by atoms with Gasteiger partial charge in [0.15, 0.2) is 5.15 Å². The Bertz CT molecular complexity index is 372. The van der Waals surface area contributed by atoms with Crippen LogP contribution in [-0.2, 0) is 0 Å². The second-order valence-electron chi connectivity index (χ2n) is 4.31. The van der Waals surface area contributed by atoms with Crippen molar-refractivity contribution in [3.63, 3.8) is 0 Å². The van der Waals surface area contributed by atoms with Crippen LogP contribution < -0.4 is 5.32 Å². The molecule has 0 saturated heterocycles. The molecular weight excluding hydrogens is 226 g/mol. The zero-order valence-electron chi connectivity index (χ0n) is 9.28. The summed E-state index contributed by atoms with van der Waals surface area (Å²) >= 11 is 5.80. The zero-order valence-corrected chi connectivity index (χ0v) is 10.0. The van der Waals surface area contributed by atoms with E-state index in [1.807, 2.05) is 13.0 Å². The van der Waals surface area contributed by atoms with Crippen molar-refractivity contribution in [2.45, 2.75) is 44.8 Å². The van der Waals surface area contributed by atoms with Gasteiger partial charge in [-0.3, -0.25) is 0 Å². The molecule has 1 fully saturated rings. The van der Waals surface area contributed by atoms with E-state index in [0.717, 1.165) is 31.2 Å². The minimum absolute atomic E-state index is 0.0867. The van der Waals surface area contributed by atoms with E-state index in [1.165, 1.54) is 0 Å². The maximum atomic E-state index is 9.82. The van der Waals surface area contributed by atoms with Crippen LogP contribution in [0.4, 0.5) is 5.82 Å². The van der Waals surface area contributed by atoms with Crippen molar-refractivity contribution < 1.29 is 5.11 Å². The molecule has 2 rings (SSSR count). The van der Waals surface area contributed by atoms with E-state index >= 15 is 0 Å². The maximum Gasteiger partial charge on any atom is 0.154 e. The van der Waals surface area contributed by atoms with E-state index in [4.69, 9.17) is 11.6 Å². The third-order valence-corrected chi connectivity index (χ3v) is 3.36. The van der Waals surface area contributed by atoms with Gasteiger partial charge >= 0.3 is 0 Å². The van der Waals surface area contributed by atoms with Gasteiger partial charge < -0.3 is 10.4 Å². The Morgan fingerprint density at radius 1 is 1.38 bits per heavy atom. The predicted octanol–water partition coefficient (Wildman–Crippen LogP) is 2.15. The molecule has 1 saturated carbocycles. The number of aliphatic hydroxyl groups excluding tert-OH is 1. The maximum absolute atomic E-state index is 9.82. The van der Waals surface area contributed by atoms with Crippen molar-refractivity contribution in [1.29, 1.82) is 0 Å². The lowest BCUT2D eigenvalue weighted by molar-refractivity contribution is 0.116. The number of nitrogens with zero attached hydrogens (tertiary/aromatic N) is 2. The van der Waals surface area contributed by atoms with Gasteiger partial charge in [0.05, 0.1) is 12.1 Å². The Labute approximate surface area is 100 Å². The number of aromatic nitrogens is 2. The smallest absolute Gasteiger partial charge is 0.154 e. The molecule has 4 nitrogen and oxygen atoms in total. The summed E-state index contributed by atoms with van der Waals surface area (Å²) in [4.78, 5) is 0. The fourth-order valence-electron chi connectivity index (χ4n) is 2.01. The summed E-state index contributed by atoms with van der Waals surface area (Å²) in [5.74, 6) is 0.688. The van der Waals surface area contributed by atoms with Gasteiger partial charge in [0.25, 0.3) is 0 Å². The van der Waals surface area contributed by atoms with E-state index in [0.29, 0.717) is 11.0 Å². The van der Waals surface area contributed by atoms with E-state index < -0.39 is 0 Å². The van der Waals surface area contributed by atoms with Crippen LogP contribution in [-0.4, -0.2) is 27.4 Å². The third-order valence-electron chi connectivity index (χ3n) is 2.99. The summed E-state index contributed by atoms with van der Waals surface area (Å²) < 4.78 is 0. The monoisotopic (exact) mass is 241 g/mol. The van der Waals surface area contributed by atoms with Gasteiger partial charge in [0, 0.05) is 0 Å². The lowest BCUT2D eigenvalue weighted by Gasteiger charge is -2.28. The van der Waals surface area contributed by atoms with Crippen LogP contribution in [0.5, 0.6) is 0 Å². The molecule has 1 aromatic heterocycles. The van der Waals surface area contributed by atoms with Gasteiger partial charge in [-0.25, -0.2) is 0 Å². The molecule has 5 heteroatoms. The number of hydrogen-bond donors (Lipinski definition) is 2. The fourth-order valence-corrected chi connectivity index (χ4v) is 2.10. The average molecular weight is 242 g/mol. The zero-order chi connectivity index (χ0) is 11.5.